The van der Waals surface area contributed by atoms with E-state index >= 15 is 0 Å². The number of rotatable bonds is 3. The summed E-state index contributed by atoms with van der Waals surface area (Å²) in [6.45, 7) is 3.62. The van der Waals surface area contributed by atoms with Crippen molar-refractivity contribution in [3.8, 4) is 17.7 Å². The molecule has 130 valence electrons. The monoisotopic (exact) mass is 421 g/mol. The molecule has 25 heavy (non-hydrogen) atoms. The Balaban J connectivity index is 1.41. The smallest absolute Gasteiger partial charge is 0.250 e. The van der Waals surface area contributed by atoms with Crippen LogP contribution in [-0.4, -0.2) is 39.9 Å². The molecule has 0 saturated carbocycles. The van der Waals surface area contributed by atoms with E-state index < -0.39 is 0 Å². The Morgan fingerprint density at radius 2 is 2.24 bits per heavy atom. The Bertz CT molecular complexity index is 811. The minimum absolute atomic E-state index is 0.216. The number of benzene rings is 1. The van der Waals surface area contributed by atoms with Crippen LogP contribution < -0.4 is 4.74 Å². The van der Waals surface area contributed by atoms with Gasteiger partial charge in [-0.15, -0.1) is 4.37 Å². The molecule has 3 atom stereocenters. The first-order valence-corrected chi connectivity index (χ1v) is 9.84. The predicted molar refractivity (Wildman–Crippen MR) is 98.3 cm³/mol. The number of ether oxygens (including phenoxy) is 1. The van der Waals surface area contributed by atoms with Crippen LogP contribution >= 0.6 is 27.7 Å². The van der Waals surface area contributed by atoms with Crippen LogP contribution in [0.4, 0.5) is 4.39 Å². The Hall–Kier alpha value is -1.49. The SMILES string of the molecule is Fc1cc(Br)cc(C#CCOc2nsnc2[C@H]2CN3CCC[C@H]2C3)c1. The fraction of sp³-hybridized carbons (Fsp3) is 0.444. The summed E-state index contributed by atoms with van der Waals surface area (Å²) >= 11 is 4.46. The molecule has 2 aromatic rings. The van der Waals surface area contributed by atoms with E-state index in [1.165, 1.54) is 43.2 Å². The zero-order valence-corrected chi connectivity index (χ0v) is 15.9. The molecule has 7 heteroatoms. The van der Waals surface area contributed by atoms with Crippen molar-refractivity contribution in [1.29, 1.82) is 0 Å². The van der Waals surface area contributed by atoms with Gasteiger partial charge in [-0.2, -0.15) is 4.37 Å². The lowest BCUT2D eigenvalue weighted by Gasteiger charge is -2.21. The molecular formula is C18H17BrFN3OS. The highest BCUT2D eigenvalue weighted by molar-refractivity contribution is 9.10. The zero-order valence-electron chi connectivity index (χ0n) is 13.5. The quantitative estimate of drug-likeness (QED) is 0.708. The van der Waals surface area contributed by atoms with E-state index in [2.05, 4.69) is 41.4 Å². The van der Waals surface area contributed by atoms with E-state index in [9.17, 15) is 4.39 Å². The normalized spacial score (nSPS) is 24.6. The molecule has 2 aliphatic rings. The molecule has 2 bridgehead atoms. The maximum Gasteiger partial charge on any atom is 0.250 e. The first kappa shape index (κ1) is 17.0. The molecule has 0 spiro atoms. The molecule has 1 aromatic carbocycles. The highest BCUT2D eigenvalue weighted by Gasteiger charge is 2.39. The predicted octanol–water partition coefficient (Wildman–Crippen LogP) is 3.68. The minimum Gasteiger partial charge on any atom is -0.463 e. The zero-order chi connectivity index (χ0) is 17.2. The first-order chi connectivity index (χ1) is 12.2. The lowest BCUT2D eigenvalue weighted by Crippen LogP contribution is -2.25. The molecular weight excluding hydrogens is 405 g/mol. The van der Waals surface area contributed by atoms with Crippen LogP contribution in [0, 0.1) is 23.6 Å². The third kappa shape index (κ3) is 3.86. The van der Waals surface area contributed by atoms with Crippen molar-refractivity contribution in [1.82, 2.24) is 13.6 Å². The van der Waals surface area contributed by atoms with Gasteiger partial charge in [0, 0.05) is 29.0 Å². The van der Waals surface area contributed by atoms with Gasteiger partial charge >= 0.3 is 0 Å². The fourth-order valence-corrected chi connectivity index (χ4v) is 4.73. The Labute approximate surface area is 158 Å². The number of nitrogens with zero attached hydrogens (tertiary/aromatic N) is 3. The molecule has 4 nitrogen and oxygen atoms in total. The van der Waals surface area contributed by atoms with Crippen LogP contribution in [0.1, 0.15) is 30.0 Å². The van der Waals surface area contributed by atoms with Gasteiger partial charge in [-0.25, -0.2) is 4.39 Å². The number of aromatic nitrogens is 2. The average molecular weight is 422 g/mol. The third-order valence-electron chi connectivity index (χ3n) is 4.78. The van der Waals surface area contributed by atoms with Crippen molar-refractivity contribution in [2.24, 2.45) is 5.92 Å². The molecule has 0 aliphatic carbocycles. The Morgan fingerprint density at radius 1 is 1.32 bits per heavy atom. The average Bonchev–Trinajstić information content (AvgIpc) is 3.14. The van der Waals surface area contributed by atoms with Crippen molar-refractivity contribution in [2.45, 2.75) is 18.8 Å². The molecule has 0 amide bonds. The third-order valence-corrected chi connectivity index (χ3v) is 5.76. The largest absolute Gasteiger partial charge is 0.463 e. The van der Waals surface area contributed by atoms with Gasteiger partial charge in [0.1, 0.15) is 11.5 Å². The van der Waals surface area contributed by atoms with E-state index in [-0.39, 0.29) is 12.4 Å². The summed E-state index contributed by atoms with van der Waals surface area (Å²) in [5.41, 5.74) is 1.60. The molecule has 3 heterocycles. The molecule has 2 aliphatic heterocycles. The van der Waals surface area contributed by atoms with Gasteiger partial charge < -0.3 is 9.64 Å². The summed E-state index contributed by atoms with van der Waals surface area (Å²) in [5, 5.41) is 0. The van der Waals surface area contributed by atoms with E-state index in [4.69, 9.17) is 4.74 Å². The molecule has 2 saturated heterocycles. The van der Waals surface area contributed by atoms with Crippen LogP contribution in [0.2, 0.25) is 0 Å². The summed E-state index contributed by atoms with van der Waals surface area (Å²) in [5.74, 6) is 7.22. The van der Waals surface area contributed by atoms with Crippen molar-refractivity contribution in [3.05, 3.63) is 39.7 Å². The molecule has 1 unspecified atom stereocenters. The van der Waals surface area contributed by atoms with E-state index in [1.54, 1.807) is 6.07 Å². The minimum atomic E-state index is -0.312. The van der Waals surface area contributed by atoms with Gasteiger partial charge in [0.2, 0.25) is 5.88 Å². The summed E-state index contributed by atoms with van der Waals surface area (Å²) in [6, 6.07) is 4.59. The van der Waals surface area contributed by atoms with Crippen molar-refractivity contribution in [2.75, 3.05) is 26.2 Å². The van der Waals surface area contributed by atoms with Gasteiger partial charge in [-0.3, -0.25) is 0 Å². The van der Waals surface area contributed by atoms with Crippen molar-refractivity contribution in [3.63, 3.8) is 0 Å². The summed E-state index contributed by atoms with van der Waals surface area (Å²) in [4.78, 5) is 2.50. The summed E-state index contributed by atoms with van der Waals surface area (Å²) in [7, 11) is 0. The number of halogens is 2. The molecule has 4 rings (SSSR count). The van der Waals surface area contributed by atoms with Crippen LogP contribution in [0.3, 0.4) is 0 Å². The fourth-order valence-electron chi connectivity index (χ4n) is 3.70. The van der Waals surface area contributed by atoms with E-state index in [0.29, 0.717) is 27.8 Å². The van der Waals surface area contributed by atoms with Crippen LogP contribution in [-0.2, 0) is 0 Å². The van der Waals surface area contributed by atoms with E-state index in [0.717, 1.165) is 18.8 Å². The van der Waals surface area contributed by atoms with Crippen LogP contribution in [0.15, 0.2) is 22.7 Å². The number of hydrogen-bond acceptors (Lipinski definition) is 5. The van der Waals surface area contributed by atoms with Gasteiger partial charge in [-0.1, -0.05) is 27.8 Å². The second-order valence-corrected chi connectivity index (χ2v) is 7.92. The summed E-state index contributed by atoms with van der Waals surface area (Å²) < 4.78 is 28.6. The summed E-state index contributed by atoms with van der Waals surface area (Å²) in [6.07, 6.45) is 2.52. The second-order valence-electron chi connectivity index (χ2n) is 6.47. The second kappa shape index (κ2) is 7.40. The lowest BCUT2D eigenvalue weighted by atomic mass is 9.89. The number of hydrogen-bond donors (Lipinski definition) is 0. The van der Waals surface area contributed by atoms with Gasteiger partial charge in [-0.05, 0) is 43.5 Å². The highest BCUT2D eigenvalue weighted by Crippen LogP contribution is 2.40. The molecule has 2 fully saturated rings. The van der Waals surface area contributed by atoms with Crippen molar-refractivity contribution >= 4 is 27.7 Å². The standard InChI is InChI=1S/C18H17BrFN3OS/c19-14-7-12(8-15(20)9-14)3-2-6-24-18-17(21-25-22-18)16-11-23-5-1-4-13(16)10-23/h7-9,13,16H,1,4-6,10-11H2/t13-,16-/m0/s1. The van der Waals surface area contributed by atoms with E-state index in [1.807, 2.05) is 0 Å². The van der Waals surface area contributed by atoms with Crippen molar-refractivity contribution < 1.29 is 9.13 Å². The topological polar surface area (TPSA) is 38.3 Å². The van der Waals surface area contributed by atoms with Gasteiger partial charge in [0.25, 0.3) is 0 Å². The van der Waals surface area contributed by atoms with Crippen LogP contribution in [0.5, 0.6) is 5.88 Å². The Morgan fingerprint density at radius 3 is 3.08 bits per heavy atom. The van der Waals surface area contributed by atoms with Gasteiger partial charge in [0.15, 0.2) is 6.61 Å². The highest BCUT2D eigenvalue weighted by atomic mass is 79.9. The maximum atomic E-state index is 13.3. The Kier molecular flexibility index (Phi) is 5.02. The first-order valence-electron chi connectivity index (χ1n) is 8.31. The molecule has 0 N–H and O–H groups in total. The molecule has 0 radical (unpaired) electrons. The molecule has 1 aromatic heterocycles. The maximum absolute atomic E-state index is 13.3. The number of fused-ring (bicyclic) bond motifs is 2. The number of piperidine rings is 1. The lowest BCUT2D eigenvalue weighted by molar-refractivity contribution is 0.269. The van der Waals surface area contributed by atoms with Crippen LogP contribution in [0.25, 0.3) is 0 Å². The van der Waals surface area contributed by atoms with Gasteiger partial charge in [0.05, 0.1) is 11.7 Å².